The number of fused-ring (bicyclic) bond motifs is 5. The van der Waals surface area contributed by atoms with Gasteiger partial charge in [0.05, 0.1) is 30.5 Å². The minimum absolute atomic E-state index is 0.0354. The van der Waals surface area contributed by atoms with Gasteiger partial charge in [0, 0.05) is 25.2 Å². The molecule has 2 amide bonds. The summed E-state index contributed by atoms with van der Waals surface area (Å²) in [5, 5.41) is 0.468. The molecule has 2 bridgehead atoms. The van der Waals surface area contributed by atoms with Gasteiger partial charge < -0.3 is 19.9 Å². The van der Waals surface area contributed by atoms with Crippen molar-refractivity contribution in [1.29, 1.82) is 0 Å². The number of halogens is 4. The van der Waals surface area contributed by atoms with Crippen molar-refractivity contribution in [3.63, 3.8) is 0 Å². The average Bonchev–Trinajstić information content (AvgIpc) is 3.32. The van der Waals surface area contributed by atoms with E-state index in [0.29, 0.717) is 5.56 Å². The van der Waals surface area contributed by atoms with Gasteiger partial charge in [0.2, 0.25) is 5.43 Å². The minimum atomic E-state index is -1.34. The Kier molecular flexibility index (Phi) is 7.72. The molecular formula is C30H27ClF3N5O5. The number of aromatic nitrogens is 2. The number of benzene rings is 1. The molecule has 1 aromatic carbocycles. The second-order valence-corrected chi connectivity index (χ2v) is 11.4. The first kappa shape index (κ1) is 29.9. The summed E-state index contributed by atoms with van der Waals surface area (Å²) < 4.78 is 50.4. The molecule has 10 nitrogen and oxygen atoms in total. The maximum atomic E-state index is 14.8. The standard InChI is InChI=1S/C30H27ClF3N5O5/c1-16-7-8-30(9-18(10-32)39(44-30)13-21-24(34)23(31)20(33)11-36-21)22-14-37(16)29(42)25-27(43-15-17-5-3-2-4-6-17)26(40)19(28(35)41)12-38(22)25/h2-8,11-12,16,18,22H,9-10,13-15H2,1H3,(H2,35,41)/t16-,18?,22+,30-/m0/s1. The topological polar surface area (TPSA) is 120 Å². The van der Waals surface area contributed by atoms with E-state index in [4.69, 9.17) is 26.9 Å². The summed E-state index contributed by atoms with van der Waals surface area (Å²) in [7, 11) is 0. The number of hydroxylamine groups is 2. The molecule has 44 heavy (non-hydrogen) atoms. The molecule has 1 unspecified atom stereocenters. The first-order chi connectivity index (χ1) is 21.0. The lowest BCUT2D eigenvalue weighted by Gasteiger charge is -2.42. The predicted octanol–water partition coefficient (Wildman–Crippen LogP) is 3.72. The Morgan fingerprint density at radius 3 is 2.70 bits per heavy atom. The number of hydrogen-bond acceptors (Lipinski definition) is 7. The monoisotopic (exact) mass is 629 g/mol. The number of rotatable bonds is 7. The van der Waals surface area contributed by atoms with Gasteiger partial charge in [-0.2, -0.15) is 5.06 Å². The van der Waals surface area contributed by atoms with Crippen LogP contribution in [0.3, 0.4) is 0 Å². The van der Waals surface area contributed by atoms with Crippen molar-refractivity contribution in [2.24, 2.45) is 5.73 Å². The fourth-order valence-corrected chi connectivity index (χ4v) is 6.14. The molecule has 3 aliphatic rings. The fourth-order valence-electron chi connectivity index (χ4n) is 5.98. The van der Waals surface area contributed by atoms with Crippen LogP contribution in [0.4, 0.5) is 13.2 Å². The van der Waals surface area contributed by atoms with Crippen LogP contribution in [0.15, 0.2) is 59.7 Å². The van der Waals surface area contributed by atoms with Crippen LogP contribution in [-0.4, -0.2) is 62.2 Å². The van der Waals surface area contributed by atoms with Gasteiger partial charge in [-0.05, 0) is 12.5 Å². The van der Waals surface area contributed by atoms with Crippen LogP contribution in [0.1, 0.15) is 51.5 Å². The maximum absolute atomic E-state index is 14.8. The summed E-state index contributed by atoms with van der Waals surface area (Å²) in [6.07, 6.45) is 5.45. The number of nitrogens with two attached hydrogens (primary N) is 1. The Morgan fingerprint density at radius 1 is 1.25 bits per heavy atom. The zero-order valence-corrected chi connectivity index (χ0v) is 24.1. The van der Waals surface area contributed by atoms with Gasteiger partial charge in [-0.15, -0.1) is 0 Å². The molecule has 3 aliphatic heterocycles. The third-order valence-electron chi connectivity index (χ3n) is 8.29. The summed E-state index contributed by atoms with van der Waals surface area (Å²) in [6.45, 7) is 0.498. The third kappa shape index (κ3) is 4.94. The Balaban J connectivity index is 1.46. The van der Waals surface area contributed by atoms with E-state index in [1.54, 1.807) is 43.3 Å². The van der Waals surface area contributed by atoms with E-state index in [9.17, 15) is 27.6 Å². The molecule has 230 valence electrons. The summed E-state index contributed by atoms with van der Waals surface area (Å²) in [5.74, 6) is -4.03. The van der Waals surface area contributed by atoms with Crippen LogP contribution >= 0.6 is 11.6 Å². The van der Waals surface area contributed by atoms with Crippen LogP contribution < -0.4 is 15.9 Å². The van der Waals surface area contributed by atoms with Crippen LogP contribution in [0.2, 0.25) is 5.02 Å². The maximum Gasteiger partial charge on any atom is 0.275 e. The predicted molar refractivity (Wildman–Crippen MR) is 152 cm³/mol. The molecule has 0 radical (unpaired) electrons. The van der Waals surface area contributed by atoms with Crippen LogP contribution in [0.5, 0.6) is 5.75 Å². The number of carbonyl (C=O) groups is 2. The number of ether oxygens (including phenoxy) is 1. The summed E-state index contributed by atoms with van der Waals surface area (Å²) >= 11 is 5.74. The molecule has 6 rings (SSSR count). The Labute approximate surface area is 254 Å². The Morgan fingerprint density at radius 2 is 2.00 bits per heavy atom. The van der Waals surface area contributed by atoms with Gasteiger partial charge in [-0.1, -0.05) is 54.1 Å². The van der Waals surface area contributed by atoms with Crippen molar-refractivity contribution in [3.8, 4) is 5.75 Å². The first-order valence-electron chi connectivity index (χ1n) is 13.8. The van der Waals surface area contributed by atoms with Crippen molar-refractivity contribution < 1.29 is 32.3 Å². The summed E-state index contributed by atoms with van der Waals surface area (Å²) in [5.41, 5.74) is 3.35. The fraction of sp³-hybridized carbons (Fsp3) is 0.333. The van der Waals surface area contributed by atoms with Gasteiger partial charge in [0.25, 0.3) is 11.8 Å². The highest BCUT2D eigenvalue weighted by molar-refractivity contribution is 6.30. The van der Waals surface area contributed by atoms with Crippen molar-refractivity contribution >= 4 is 23.4 Å². The lowest BCUT2D eigenvalue weighted by molar-refractivity contribution is -0.211. The molecule has 0 aliphatic carbocycles. The number of amides is 2. The molecular weight excluding hydrogens is 603 g/mol. The number of carbonyl (C=O) groups excluding carboxylic acids is 2. The van der Waals surface area contributed by atoms with Crippen molar-refractivity contribution in [2.75, 3.05) is 13.2 Å². The molecule has 1 spiro atoms. The van der Waals surface area contributed by atoms with Crippen LogP contribution in [0.25, 0.3) is 0 Å². The molecule has 3 aromatic rings. The van der Waals surface area contributed by atoms with Crippen molar-refractivity contribution in [1.82, 2.24) is 19.5 Å². The number of hydrogen-bond donors (Lipinski definition) is 1. The van der Waals surface area contributed by atoms with Crippen LogP contribution in [-0.2, 0) is 18.0 Å². The Hall–Kier alpha value is -4.20. The molecule has 14 heteroatoms. The van der Waals surface area contributed by atoms with E-state index in [1.807, 2.05) is 6.07 Å². The minimum Gasteiger partial charge on any atom is -0.483 e. The average molecular weight is 630 g/mol. The van der Waals surface area contributed by atoms with Crippen molar-refractivity contribution in [2.45, 2.75) is 50.2 Å². The first-order valence-corrected chi connectivity index (χ1v) is 14.2. The van der Waals surface area contributed by atoms with E-state index >= 15 is 0 Å². The third-order valence-corrected chi connectivity index (χ3v) is 8.63. The molecule has 1 saturated heterocycles. The van der Waals surface area contributed by atoms with Gasteiger partial charge in [0.1, 0.15) is 29.5 Å². The van der Waals surface area contributed by atoms with E-state index in [1.165, 1.54) is 20.7 Å². The van der Waals surface area contributed by atoms with Gasteiger partial charge >= 0.3 is 0 Å². The van der Waals surface area contributed by atoms with Gasteiger partial charge in [0.15, 0.2) is 23.1 Å². The quantitative estimate of drug-likeness (QED) is 0.396. The second kappa shape index (κ2) is 11.4. The number of primary amides is 1. The zero-order chi connectivity index (χ0) is 31.3. The number of nitrogens with zero attached hydrogens (tertiary/aromatic N) is 4. The second-order valence-electron chi connectivity index (χ2n) is 11.0. The smallest absolute Gasteiger partial charge is 0.275 e. The molecule has 4 atom stereocenters. The lowest BCUT2D eigenvalue weighted by Crippen LogP contribution is -2.53. The normalized spacial score (nSPS) is 24.4. The molecule has 0 saturated carbocycles. The number of alkyl halides is 1. The van der Waals surface area contributed by atoms with E-state index in [2.05, 4.69) is 4.98 Å². The van der Waals surface area contributed by atoms with E-state index in [-0.39, 0.29) is 43.3 Å². The van der Waals surface area contributed by atoms with Crippen LogP contribution in [0, 0.1) is 11.6 Å². The summed E-state index contributed by atoms with van der Waals surface area (Å²) in [6, 6.07) is 6.76. The SMILES string of the molecule is C[C@H]1C=C[C@]2(CC(CF)N(Cc3ncc(F)c(Cl)c3F)O2)[C@H]2CN1C(=O)c1c(OCc3ccccc3)c(=O)c(C(N)=O)cn12. The zero-order valence-electron chi connectivity index (χ0n) is 23.4. The van der Waals surface area contributed by atoms with Gasteiger partial charge in [-0.25, -0.2) is 13.2 Å². The highest BCUT2D eigenvalue weighted by atomic mass is 35.5. The largest absolute Gasteiger partial charge is 0.483 e. The molecule has 1 fully saturated rings. The summed E-state index contributed by atoms with van der Waals surface area (Å²) in [4.78, 5) is 51.5. The number of pyridine rings is 2. The highest BCUT2D eigenvalue weighted by Gasteiger charge is 2.55. The highest BCUT2D eigenvalue weighted by Crippen LogP contribution is 2.47. The molecule has 2 aromatic heterocycles. The van der Waals surface area contributed by atoms with Gasteiger partial charge in [-0.3, -0.25) is 24.2 Å². The lowest BCUT2D eigenvalue weighted by atomic mass is 9.86. The van der Waals surface area contributed by atoms with E-state index < -0.39 is 69.9 Å². The van der Waals surface area contributed by atoms with E-state index in [0.717, 1.165) is 6.20 Å². The van der Waals surface area contributed by atoms with Crippen molar-refractivity contribution in [3.05, 3.63) is 104 Å². The molecule has 5 heterocycles. The Bertz CT molecular complexity index is 1740. The molecule has 2 N–H and O–H groups in total.